The lowest BCUT2D eigenvalue weighted by Gasteiger charge is -2.22. The molecule has 2 heterocycles. The molecule has 5 nitrogen and oxygen atoms in total. The normalized spacial score (nSPS) is 23.8. The van der Waals surface area contributed by atoms with Gasteiger partial charge in [-0.15, -0.1) is 0 Å². The van der Waals surface area contributed by atoms with Crippen LogP contribution in [0.4, 0.5) is 10.6 Å². The molecular formula is C21H26N4O. The van der Waals surface area contributed by atoms with Crippen molar-refractivity contribution in [3.05, 3.63) is 59.3 Å². The van der Waals surface area contributed by atoms with E-state index in [9.17, 15) is 4.79 Å². The first-order chi connectivity index (χ1) is 12.5. The van der Waals surface area contributed by atoms with Crippen molar-refractivity contribution in [2.24, 2.45) is 5.92 Å². The summed E-state index contributed by atoms with van der Waals surface area (Å²) in [5.41, 5.74) is 3.96. The highest BCUT2D eigenvalue weighted by Crippen LogP contribution is 2.59. The summed E-state index contributed by atoms with van der Waals surface area (Å²) >= 11 is 0. The first-order valence-corrected chi connectivity index (χ1v) is 9.19. The zero-order valence-corrected chi connectivity index (χ0v) is 15.7. The number of likely N-dealkylation sites (tertiary alicyclic amines) is 1. The van der Waals surface area contributed by atoms with Gasteiger partial charge >= 0.3 is 6.03 Å². The molecular weight excluding hydrogens is 324 g/mol. The zero-order chi connectivity index (χ0) is 18.3. The molecule has 1 saturated carbocycles. The first kappa shape index (κ1) is 17.0. The first-order valence-electron chi connectivity index (χ1n) is 9.19. The van der Waals surface area contributed by atoms with Crippen LogP contribution >= 0.6 is 0 Å². The largest absolute Gasteiger partial charge is 0.323 e. The highest BCUT2D eigenvalue weighted by atomic mass is 16.2. The molecule has 1 aromatic carbocycles. The second kappa shape index (κ2) is 6.40. The van der Waals surface area contributed by atoms with E-state index < -0.39 is 0 Å². The van der Waals surface area contributed by atoms with Crippen LogP contribution in [-0.2, 0) is 12.0 Å². The highest BCUT2D eigenvalue weighted by Gasteiger charge is 2.61. The van der Waals surface area contributed by atoms with Crippen LogP contribution in [-0.4, -0.2) is 48.0 Å². The number of hydrogen-bond acceptors (Lipinski definition) is 3. The monoisotopic (exact) mass is 350 g/mol. The quantitative estimate of drug-likeness (QED) is 0.921. The molecule has 0 radical (unpaired) electrons. The number of pyridine rings is 1. The molecule has 0 unspecified atom stereocenters. The van der Waals surface area contributed by atoms with Crippen molar-refractivity contribution in [2.45, 2.75) is 25.3 Å². The summed E-state index contributed by atoms with van der Waals surface area (Å²) in [7, 11) is 4.05. The Hall–Kier alpha value is -2.40. The van der Waals surface area contributed by atoms with E-state index in [0.717, 1.165) is 25.2 Å². The van der Waals surface area contributed by atoms with Crippen LogP contribution in [0.5, 0.6) is 0 Å². The number of amides is 2. The number of nitrogens with one attached hydrogen (secondary N) is 1. The minimum atomic E-state index is -0.0433. The van der Waals surface area contributed by atoms with Gasteiger partial charge in [0.2, 0.25) is 0 Å². The fourth-order valence-electron chi connectivity index (χ4n) is 4.16. The summed E-state index contributed by atoms with van der Waals surface area (Å²) < 4.78 is 0. The highest BCUT2D eigenvalue weighted by molar-refractivity contribution is 5.89. The number of urea groups is 1. The van der Waals surface area contributed by atoms with Gasteiger partial charge in [-0.05, 0) is 56.6 Å². The van der Waals surface area contributed by atoms with Crippen LogP contribution in [0.25, 0.3) is 0 Å². The number of nitrogens with zero attached hydrogens (tertiary/aromatic N) is 3. The molecule has 4 rings (SSSR count). The molecule has 1 N–H and O–H groups in total. The number of rotatable bonds is 4. The maximum atomic E-state index is 12.7. The molecule has 136 valence electrons. The predicted molar refractivity (Wildman–Crippen MR) is 103 cm³/mol. The Kier molecular flexibility index (Phi) is 4.19. The van der Waals surface area contributed by atoms with Gasteiger partial charge in [0.1, 0.15) is 5.82 Å². The Morgan fingerprint density at radius 2 is 2.08 bits per heavy atom. The topological polar surface area (TPSA) is 48.5 Å². The predicted octanol–water partition coefficient (Wildman–Crippen LogP) is 3.26. The van der Waals surface area contributed by atoms with E-state index in [0.29, 0.717) is 11.7 Å². The van der Waals surface area contributed by atoms with Gasteiger partial charge in [-0.25, -0.2) is 9.78 Å². The molecule has 2 aromatic rings. The molecule has 5 heteroatoms. The van der Waals surface area contributed by atoms with Crippen molar-refractivity contribution in [2.75, 3.05) is 32.5 Å². The van der Waals surface area contributed by atoms with E-state index in [1.54, 1.807) is 6.20 Å². The van der Waals surface area contributed by atoms with Crippen molar-refractivity contribution in [3.8, 4) is 0 Å². The van der Waals surface area contributed by atoms with Gasteiger partial charge in [-0.1, -0.05) is 29.8 Å². The molecule has 26 heavy (non-hydrogen) atoms. The number of benzene rings is 1. The van der Waals surface area contributed by atoms with E-state index in [1.807, 2.05) is 31.1 Å². The number of carbonyl (C=O) groups is 1. The number of fused-ring (bicyclic) bond motifs is 1. The lowest BCUT2D eigenvalue weighted by Crippen LogP contribution is -2.36. The van der Waals surface area contributed by atoms with Gasteiger partial charge < -0.3 is 9.80 Å². The summed E-state index contributed by atoms with van der Waals surface area (Å²) in [6.07, 6.45) is 2.94. The lowest BCUT2D eigenvalue weighted by molar-refractivity contribution is 0.216. The summed E-state index contributed by atoms with van der Waals surface area (Å²) in [4.78, 5) is 21.0. The second-order valence-corrected chi connectivity index (χ2v) is 8.02. The van der Waals surface area contributed by atoms with Crippen LogP contribution < -0.4 is 5.32 Å². The fourth-order valence-corrected chi connectivity index (χ4v) is 4.16. The van der Waals surface area contributed by atoms with Gasteiger partial charge in [0.15, 0.2) is 0 Å². The smallest absolute Gasteiger partial charge is 0.323 e. The average molecular weight is 350 g/mol. The van der Waals surface area contributed by atoms with Crippen LogP contribution in [0.3, 0.4) is 0 Å². The van der Waals surface area contributed by atoms with E-state index in [-0.39, 0.29) is 11.4 Å². The summed E-state index contributed by atoms with van der Waals surface area (Å²) in [5.74, 6) is 1.21. The van der Waals surface area contributed by atoms with Crippen LogP contribution in [0.1, 0.15) is 23.1 Å². The molecule has 1 saturated heterocycles. The Morgan fingerprint density at radius 3 is 2.81 bits per heavy atom. The van der Waals surface area contributed by atoms with Gasteiger partial charge in [0.25, 0.3) is 0 Å². The van der Waals surface area contributed by atoms with Crippen molar-refractivity contribution >= 4 is 11.8 Å². The molecule has 1 aliphatic carbocycles. The average Bonchev–Trinajstić information content (AvgIpc) is 3.16. The number of piperidine rings is 1. The van der Waals surface area contributed by atoms with E-state index in [4.69, 9.17) is 0 Å². The molecule has 2 fully saturated rings. The van der Waals surface area contributed by atoms with Gasteiger partial charge in [-0.2, -0.15) is 0 Å². The number of aromatic nitrogens is 1. The fraction of sp³-hybridized carbons (Fsp3) is 0.429. The molecule has 2 aliphatic rings. The maximum absolute atomic E-state index is 12.7. The number of hydrogen-bond donors (Lipinski definition) is 1. The minimum Gasteiger partial charge on any atom is -0.323 e. The third-order valence-electron chi connectivity index (χ3n) is 5.62. The second-order valence-electron chi connectivity index (χ2n) is 8.02. The minimum absolute atomic E-state index is 0.0433. The van der Waals surface area contributed by atoms with Crippen LogP contribution in [0.15, 0.2) is 42.6 Å². The standard InChI is InChI=1S/C21H26N4O/c1-15-4-6-17(7-5-15)21-11-18(21)13-25(14-21)20(26)23-19-10-16(8-9-22-19)12-24(2)3/h4-10,18H,11-14H2,1-3H3,(H,22,23,26)/t18-,21+/m0/s1. The van der Waals surface area contributed by atoms with Crippen LogP contribution in [0.2, 0.25) is 0 Å². The van der Waals surface area contributed by atoms with Crippen molar-refractivity contribution in [3.63, 3.8) is 0 Å². The Morgan fingerprint density at radius 1 is 1.31 bits per heavy atom. The van der Waals surface area contributed by atoms with E-state index in [1.165, 1.54) is 17.5 Å². The van der Waals surface area contributed by atoms with Crippen molar-refractivity contribution in [1.82, 2.24) is 14.8 Å². The molecule has 2 amide bonds. The summed E-state index contributed by atoms with van der Waals surface area (Å²) in [6, 6.07) is 12.7. The molecule has 1 aromatic heterocycles. The Balaban J connectivity index is 1.42. The zero-order valence-electron chi connectivity index (χ0n) is 15.7. The van der Waals surface area contributed by atoms with E-state index >= 15 is 0 Å². The van der Waals surface area contributed by atoms with Gasteiger partial charge in [-0.3, -0.25) is 5.32 Å². The molecule has 0 spiro atoms. The number of anilines is 1. The van der Waals surface area contributed by atoms with Crippen molar-refractivity contribution < 1.29 is 4.79 Å². The molecule has 0 bridgehead atoms. The van der Waals surface area contributed by atoms with Crippen molar-refractivity contribution in [1.29, 1.82) is 0 Å². The molecule has 1 aliphatic heterocycles. The molecule has 2 atom stereocenters. The van der Waals surface area contributed by atoms with Crippen LogP contribution in [0, 0.1) is 12.8 Å². The van der Waals surface area contributed by atoms with Gasteiger partial charge in [0, 0.05) is 31.2 Å². The van der Waals surface area contributed by atoms with E-state index in [2.05, 4.69) is 46.4 Å². The third-order valence-corrected chi connectivity index (χ3v) is 5.62. The van der Waals surface area contributed by atoms with Gasteiger partial charge in [0.05, 0.1) is 0 Å². The Bertz CT molecular complexity index is 817. The lowest BCUT2D eigenvalue weighted by atomic mass is 9.94. The summed E-state index contributed by atoms with van der Waals surface area (Å²) in [5, 5.41) is 2.97. The number of carbonyl (C=O) groups excluding carboxylic acids is 1. The third kappa shape index (κ3) is 3.19. The number of aryl methyl sites for hydroxylation is 1. The SMILES string of the molecule is Cc1ccc([C@]23C[C@H]2CN(C(=O)Nc2cc(CN(C)C)ccn2)C3)cc1. The maximum Gasteiger partial charge on any atom is 0.323 e. The summed E-state index contributed by atoms with van der Waals surface area (Å²) in [6.45, 7) is 4.56. The Labute approximate surface area is 155 Å².